The van der Waals surface area contributed by atoms with Gasteiger partial charge in [0.2, 0.25) is 5.82 Å². The molecule has 2 aromatic heterocycles. The first kappa shape index (κ1) is 16.0. The van der Waals surface area contributed by atoms with Crippen LogP contribution in [0.3, 0.4) is 0 Å². The number of nitrogens with one attached hydrogen (secondary N) is 3. The number of hydrogen-bond acceptors (Lipinski definition) is 4. The molecule has 2 heterocycles. The van der Waals surface area contributed by atoms with E-state index in [1.807, 2.05) is 0 Å². The molecule has 7 nitrogen and oxygen atoms in total. The molecule has 0 aliphatic carbocycles. The highest BCUT2D eigenvalue weighted by Crippen LogP contribution is 2.22. The minimum absolute atomic E-state index is 0.128. The van der Waals surface area contributed by atoms with E-state index in [9.17, 15) is 9.18 Å². The van der Waals surface area contributed by atoms with E-state index < -0.39 is 11.8 Å². The Kier molecular flexibility index (Phi) is 4.76. The van der Waals surface area contributed by atoms with E-state index in [0.717, 1.165) is 6.07 Å². The summed E-state index contributed by atoms with van der Waals surface area (Å²) in [5.41, 5.74) is 0.329. The maximum Gasteiger partial charge on any atom is 0.319 e. The van der Waals surface area contributed by atoms with E-state index in [1.165, 1.54) is 18.4 Å². The number of hydrogen-bond donors (Lipinski definition) is 3. The van der Waals surface area contributed by atoms with Gasteiger partial charge in [-0.2, -0.15) is 5.10 Å². The standard InChI is InChI=1S/C15H13ClFN5O2/c16-10-8-9(17)3-4-11(10)19-15(23)18-6-5-13-20-14(22-21-13)12-2-1-7-24-12/h1-4,7-8H,5-6H2,(H2,18,19,23)(H,20,21,22). The van der Waals surface area contributed by atoms with Crippen LogP contribution in [0.15, 0.2) is 41.0 Å². The molecule has 9 heteroatoms. The van der Waals surface area contributed by atoms with Crippen molar-refractivity contribution >= 4 is 23.3 Å². The van der Waals surface area contributed by atoms with Gasteiger partial charge in [0.1, 0.15) is 11.6 Å². The first-order valence-electron chi connectivity index (χ1n) is 7.07. The predicted molar refractivity (Wildman–Crippen MR) is 86.2 cm³/mol. The second kappa shape index (κ2) is 7.14. The number of halogens is 2. The highest BCUT2D eigenvalue weighted by molar-refractivity contribution is 6.33. The van der Waals surface area contributed by atoms with Crippen LogP contribution in [-0.4, -0.2) is 27.8 Å². The van der Waals surface area contributed by atoms with Crippen LogP contribution in [-0.2, 0) is 6.42 Å². The number of H-pyrrole nitrogens is 1. The fourth-order valence-electron chi connectivity index (χ4n) is 1.97. The fourth-order valence-corrected chi connectivity index (χ4v) is 2.19. The van der Waals surface area contributed by atoms with Crippen LogP contribution in [0, 0.1) is 5.82 Å². The van der Waals surface area contributed by atoms with Gasteiger partial charge in [0, 0.05) is 13.0 Å². The molecule has 3 N–H and O–H groups in total. The average Bonchev–Trinajstić information content (AvgIpc) is 3.21. The quantitative estimate of drug-likeness (QED) is 0.659. The molecule has 0 fully saturated rings. The Morgan fingerprint density at radius 2 is 2.25 bits per heavy atom. The molecular formula is C15H13ClFN5O2. The Balaban J connectivity index is 1.48. The molecule has 24 heavy (non-hydrogen) atoms. The van der Waals surface area contributed by atoms with Gasteiger partial charge in [-0.3, -0.25) is 5.10 Å². The monoisotopic (exact) mass is 349 g/mol. The van der Waals surface area contributed by atoms with Crippen molar-refractivity contribution in [1.29, 1.82) is 0 Å². The van der Waals surface area contributed by atoms with Crippen molar-refractivity contribution in [3.05, 3.63) is 53.3 Å². The Bertz CT molecular complexity index is 834. The number of aromatic nitrogens is 3. The van der Waals surface area contributed by atoms with Crippen LogP contribution < -0.4 is 10.6 Å². The molecule has 0 atom stereocenters. The number of amides is 2. The maximum atomic E-state index is 12.9. The van der Waals surface area contributed by atoms with Crippen LogP contribution in [0.2, 0.25) is 5.02 Å². The Morgan fingerprint density at radius 3 is 3.00 bits per heavy atom. The zero-order chi connectivity index (χ0) is 16.9. The van der Waals surface area contributed by atoms with Gasteiger partial charge in [-0.1, -0.05) is 11.6 Å². The lowest BCUT2D eigenvalue weighted by Gasteiger charge is -2.08. The third-order valence-electron chi connectivity index (χ3n) is 3.10. The lowest BCUT2D eigenvalue weighted by atomic mass is 10.3. The molecule has 0 saturated carbocycles. The third kappa shape index (κ3) is 3.90. The molecule has 0 spiro atoms. The maximum absolute atomic E-state index is 12.9. The van der Waals surface area contributed by atoms with Gasteiger partial charge >= 0.3 is 6.03 Å². The number of rotatable bonds is 5. The fraction of sp³-hybridized carbons (Fsp3) is 0.133. The number of nitrogens with zero attached hydrogens (tertiary/aromatic N) is 2. The molecule has 0 radical (unpaired) electrons. The van der Waals surface area contributed by atoms with Gasteiger partial charge in [0.25, 0.3) is 0 Å². The van der Waals surface area contributed by atoms with Crippen LogP contribution in [0.25, 0.3) is 11.6 Å². The van der Waals surface area contributed by atoms with Crippen molar-refractivity contribution < 1.29 is 13.6 Å². The Morgan fingerprint density at radius 1 is 1.38 bits per heavy atom. The highest BCUT2D eigenvalue weighted by atomic mass is 35.5. The zero-order valence-corrected chi connectivity index (χ0v) is 13.1. The number of urea groups is 1. The van der Waals surface area contributed by atoms with E-state index in [4.69, 9.17) is 16.0 Å². The van der Waals surface area contributed by atoms with Crippen molar-refractivity contribution in [3.63, 3.8) is 0 Å². The summed E-state index contributed by atoms with van der Waals surface area (Å²) in [5, 5.41) is 12.1. The van der Waals surface area contributed by atoms with Crippen molar-refractivity contribution in [3.8, 4) is 11.6 Å². The molecule has 0 aliphatic rings. The summed E-state index contributed by atoms with van der Waals surface area (Å²) in [6.45, 7) is 0.331. The van der Waals surface area contributed by atoms with Crippen molar-refractivity contribution in [1.82, 2.24) is 20.5 Å². The summed E-state index contributed by atoms with van der Waals surface area (Å²) in [6, 6.07) is 6.79. The van der Waals surface area contributed by atoms with E-state index >= 15 is 0 Å². The Hall–Kier alpha value is -2.87. The molecule has 0 unspecified atom stereocenters. The smallest absolute Gasteiger partial charge is 0.319 e. The number of furan rings is 1. The van der Waals surface area contributed by atoms with Crippen molar-refractivity contribution in [2.45, 2.75) is 6.42 Å². The molecule has 0 saturated heterocycles. The third-order valence-corrected chi connectivity index (χ3v) is 3.41. The van der Waals surface area contributed by atoms with E-state index in [-0.39, 0.29) is 5.02 Å². The minimum atomic E-state index is -0.469. The lowest BCUT2D eigenvalue weighted by Crippen LogP contribution is -2.30. The van der Waals surface area contributed by atoms with Crippen LogP contribution in [0.4, 0.5) is 14.9 Å². The molecule has 3 aromatic rings. The van der Waals surface area contributed by atoms with Crippen LogP contribution in [0.5, 0.6) is 0 Å². The second-order valence-corrected chi connectivity index (χ2v) is 5.25. The summed E-state index contributed by atoms with van der Waals surface area (Å²) >= 11 is 5.84. The molecule has 124 valence electrons. The second-order valence-electron chi connectivity index (χ2n) is 4.84. The summed E-state index contributed by atoms with van der Waals surface area (Å²) in [6.07, 6.45) is 2.00. The summed E-state index contributed by atoms with van der Waals surface area (Å²) < 4.78 is 18.1. The average molecular weight is 350 g/mol. The molecule has 0 bridgehead atoms. The molecule has 2 amide bonds. The van der Waals surface area contributed by atoms with Gasteiger partial charge in [0.05, 0.1) is 17.0 Å². The lowest BCUT2D eigenvalue weighted by molar-refractivity contribution is 0.252. The number of anilines is 1. The van der Waals surface area contributed by atoms with E-state index in [1.54, 1.807) is 12.1 Å². The number of carbonyl (C=O) groups is 1. The molecule has 1 aromatic carbocycles. The van der Waals surface area contributed by atoms with Gasteiger partial charge in [-0.05, 0) is 30.3 Å². The first-order valence-corrected chi connectivity index (χ1v) is 7.44. The van der Waals surface area contributed by atoms with Crippen molar-refractivity contribution in [2.24, 2.45) is 0 Å². The number of benzene rings is 1. The predicted octanol–water partition coefficient (Wildman–Crippen LogP) is 3.22. The normalized spacial score (nSPS) is 10.6. The van der Waals surface area contributed by atoms with Crippen molar-refractivity contribution in [2.75, 3.05) is 11.9 Å². The van der Waals surface area contributed by atoms with E-state index in [2.05, 4.69) is 25.8 Å². The summed E-state index contributed by atoms with van der Waals surface area (Å²) in [5.74, 6) is 1.16. The number of aromatic amines is 1. The SMILES string of the molecule is O=C(NCCc1nc(-c2ccco2)n[nH]1)Nc1ccc(F)cc1Cl. The minimum Gasteiger partial charge on any atom is -0.461 e. The Labute approximate surface area is 141 Å². The molecular weight excluding hydrogens is 337 g/mol. The van der Waals surface area contributed by atoms with Crippen LogP contribution >= 0.6 is 11.6 Å². The van der Waals surface area contributed by atoms with Gasteiger partial charge < -0.3 is 15.1 Å². The largest absolute Gasteiger partial charge is 0.461 e. The highest BCUT2D eigenvalue weighted by Gasteiger charge is 2.09. The van der Waals surface area contributed by atoms with E-state index in [0.29, 0.717) is 36.1 Å². The zero-order valence-electron chi connectivity index (χ0n) is 12.3. The molecule has 3 rings (SSSR count). The van der Waals surface area contributed by atoms with Gasteiger partial charge in [0.15, 0.2) is 5.76 Å². The number of carbonyl (C=O) groups excluding carboxylic acids is 1. The summed E-state index contributed by atoms with van der Waals surface area (Å²) in [4.78, 5) is 16.1. The van der Waals surface area contributed by atoms with Gasteiger partial charge in [-0.25, -0.2) is 14.2 Å². The topological polar surface area (TPSA) is 95.8 Å². The molecule has 0 aliphatic heterocycles. The summed E-state index contributed by atoms with van der Waals surface area (Å²) in [7, 11) is 0. The van der Waals surface area contributed by atoms with Crippen LogP contribution in [0.1, 0.15) is 5.82 Å². The van der Waals surface area contributed by atoms with Gasteiger partial charge in [-0.15, -0.1) is 0 Å². The first-order chi connectivity index (χ1) is 11.6.